The molecule has 0 spiro atoms. The third-order valence-corrected chi connectivity index (χ3v) is 1.68. The molecule has 0 atom stereocenters. The van der Waals surface area contributed by atoms with E-state index in [-0.39, 0.29) is 0 Å². The molecule has 0 fully saturated rings. The van der Waals surface area contributed by atoms with E-state index in [1.807, 2.05) is 12.3 Å². The lowest BCUT2D eigenvalue weighted by Crippen LogP contribution is -2.11. The van der Waals surface area contributed by atoms with Crippen LogP contribution in [0.3, 0.4) is 0 Å². The van der Waals surface area contributed by atoms with Crippen molar-refractivity contribution in [2.45, 2.75) is 27.2 Å². The molecule has 66 valence electrons. The van der Waals surface area contributed by atoms with Crippen LogP contribution in [0, 0.1) is 5.41 Å². The summed E-state index contributed by atoms with van der Waals surface area (Å²) in [5.74, 6) is 0. The lowest BCUT2D eigenvalue weighted by Gasteiger charge is -2.20. The SMILES string of the molecule is C=C1C=CC(CC(C)(C)C)=CN1. The van der Waals surface area contributed by atoms with E-state index in [1.54, 1.807) is 0 Å². The van der Waals surface area contributed by atoms with Crippen molar-refractivity contribution < 1.29 is 0 Å². The number of rotatable bonds is 1. The van der Waals surface area contributed by atoms with E-state index < -0.39 is 0 Å². The predicted octanol–water partition coefficient (Wildman–Crippen LogP) is 2.98. The predicted molar refractivity (Wildman–Crippen MR) is 53.6 cm³/mol. The van der Waals surface area contributed by atoms with Crippen LogP contribution in [-0.4, -0.2) is 0 Å². The summed E-state index contributed by atoms with van der Waals surface area (Å²) in [5.41, 5.74) is 2.67. The number of nitrogens with one attached hydrogen (secondary N) is 1. The van der Waals surface area contributed by atoms with Crippen LogP contribution >= 0.6 is 0 Å². The van der Waals surface area contributed by atoms with E-state index >= 15 is 0 Å². The van der Waals surface area contributed by atoms with Gasteiger partial charge in [0.15, 0.2) is 0 Å². The molecule has 1 aliphatic rings. The highest BCUT2D eigenvalue weighted by molar-refractivity contribution is 5.32. The number of hydrogen-bond donors (Lipinski definition) is 1. The maximum atomic E-state index is 3.80. The summed E-state index contributed by atoms with van der Waals surface area (Å²) >= 11 is 0. The zero-order valence-electron chi connectivity index (χ0n) is 8.15. The van der Waals surface area contributed by atoms with Gasteiger partial charge in [-0.1, -0.05) is 33.4 Å². The summed E-state index contributed by atoms with van der Waals surface area (Å²) in [6.07, 6.45) is 7.28. The molecule has 1 aliphatic heterocycles. The summed E-state index contributed by atoms with van der Waals surface area (Å²) in [6.45, 7) is 10.5. The van der Waals surface area contributed by atoms with Gasteiger partial charge in [0.25, 0.3) is 0 Å². The molecule has 12 heavy (non-hydrogen) atoms. The molecule has 1 rings (SSSR count). The first kappa shape index (κ1) is 9.11. The van der Waals surface area contributed by atoms with Gasteiger partial charge in [0.2, 0.25) is 0 Å². The molecule has 1 heteroatoms. The highest BCUT2D eigenvalue weighted by Crippen LogP contribution is 2.25. The molecule has 1 heterocycles. The Kier molecular flexibility index (Phi) is 2.41. The highest BCUT2D eigenvalue weighted by atomic mass is 14.8. The van der Waals surface area contributed by atoms with Crippen LogP contribution in [0.15, 0.2) is 36.2 Å². The van der Waals surface area contributed by atoms with Crippen LogP contribution in [0.2, 0.25) is 0 Å². The molecule has 0 bridgehead atoms. The lowest BCUT2D eigenvalue weighted by atomic mass is 9.87. The van der Waals surface area contributed by atoms with Crippen LogP contribution in [0.25, 0.3) is 0 Å². The van der Waals surface area contributed by atoms with Gasteiger partial charge in [-0.15, -0.1) is 0 Å². The molecular formula is C11H17N. The van der Waals surface area contributed by atoms with Gasteiger partial charge in [0.05, 0.1) is 0 Å². The fraction of sp³-hybridized carbons (Fsp3) is 0.455. The molecule has 0 saturated heterocycles. The molecule has 0 aromatic heterocycles. The Morgan fingerprint density at radius 1 is 1.33 bits per heavy atom. The zero-order chi connectivity index (χ0) is 9.19. The van der Waals surface area contributed by atoms with E-state index in [9.17, 15) is 0 Å². The van der Waals surface area contributed by atoms with Crippen LogP contribution in [0.1, 0.15) is 27.2 Å². The quantitative estimate of drug-likeness (QED) is 0.626. The molecule has 0 amide bonds. The number of dihydropyridines is 1. The second-order valence-electron chi connectivity index (χ2n) is 4.46. The summed E-state index contributed by atoms with van der Waals surface area (Å²) in [6, 6.07) is 0. The second-order valence-corrected chi connectivity index (χ2v) is 4.46. The summed E-state index contributed by atoms with van der Waals surface area (Å²) in [7, 11) is 0. The first-order valence-corrected chi connectivity index (χ1v) is 4.30. The minimum absolute atomic E-state index is 0.358. The van der Waals surface area contributed by atoms with Gasteiger partial charge in [0.1, 0.15) is 0 Å². The highest BCUT2D eigenvalue weighted by Gasteiger charge is 2.12. The van der Waals surface area contributed by atoms with Crippen molar-refractivity contribution in [1.29, 1.82) is 0 Å². The van der Waals surface area contributed by atoms with Gasteiger partial charge >= 0.3 is 0 Å². The van der Waals surface area contributed by atoms with E-state index in [0.717, 1.165) is 12.1 Å². The van der Waals surface area contributed by atoms with Crippen molar-refractivity contribution in [2.24, 2.45) is 5.41 Å². The normalized spacial score (nSPS) is 17.2. The van der Waals surface area contributed by atoms with Gasteiger partial charge in [-0.25, -0.2) is 0 Å². The minimum Gasteiger partial charge on any atom is -0.362 e. The monoisotopic (exact) mass is 163 g/mol. The fourth-order valence-corrected chi connectivity index (χ4v) is 1.21. The third-order valence-electron chi connectivity index (χ3n) is 1.68. The zero-order valence-corrected chi connectivity index (χ0v) is 8.15. The molecule has 1 N–H and O–H groups in total. The van der Waals surface area contributed by atoms with Crippen LogP contribution in [-0.2, 0) is 0 Å². The average molecular weight is 163 g/mol. The van der Waals surface area contributed by atoms with Crippen molar-refractivity contribution in [1.82, 2.24) is 5.32 Å². The van der Waals surface area contributed by atoms with E-state index in [1.165, 1.54) is 5.57 Å². The minimum atomic E-state index is 0.358. The van der Waals surface area contributed by atoms with Crippen molar-refractivity contribution in [3.05, 3.63) is 36.2 Å². The number of allylic oxidation sites excluding steroid dienone is 3. The smallest absolute Gasteiger partial charge is 0.0306 e. The largest absolute Gasteiger partial charge is 0.362 e. The maximum Gasteiger partial charge on any atom is 0.0306 e. The molecular weight excluding hydrogens is 146 g/mol. The Hall–Kier alpha value is -0.980. The van der Waals surface area contributed by atoms with E-state index in [4.69, 9.17) is 0 Å². The standard InChI is InChI=1S/C11H17N/c1-9-5-6-10(8-12-9)7-11(2,3)4/h5-6,8,12H,1,7H2,2-4H3. The van der Waals surface area contributed by atoms with Crippen LogP contribution in [0.5, 0.6) is 0 Å². The van der Waals surface area contributed by atoms with Crippen LogP contribution in [0.4, 0.5) is 0 Å². The molecule has 0 aromatic rings. The Balaban J connectivity index is 2.57. The first-order chi connectivity index (χ1) is 5.47. The lowest BCUT2D eigenvalue weighted by molar-refractivity contribution is 0.412. The topological polar surface area (TPSA) is 12.0 Å². The summed E-state index contributed by atoms with van der Waals surface area (Å²) < 4.78 is 0. The van der Waals surface area contributed by atoms with Gasteiger partial charge in [0, 0.05) is 11.9 Å². The summed E-state index contributed by atoms with van der Waals surface area (Å²) in [4.78, 5) is 0. The average Bonchev–Trinajstić information content (AvgIpc) is 1.91. The van der Waals surface area contributed by atoms with Crippen LogP contribution < -0.4 is 5.32 Å². The maximum absolute atomic E-state index is 3.80. The van der Waals surface area contributed by atoms with Crippen molar-refractivity contribution >= 4 is 0 Å². The Bertz CT molecular complexity index is 238. The first-order valence-electron chi connectivity index (χ1n) is 4.30. The van der Waals surface area contributed by atoms with Gasteiger partial charge in [-0.3, -0.25) is 0 Å². The second kappa shape index (κ2) is 3.18. The molecule has 0 unspecified atom stereocenters. The Morgan fingerprint density at radius 3 is 2.42 bits per heavy atom. The van der Waals surface area contributed by atoms with Crippen molar-refractivity contribution in [2.75, 3.05) is 0 Å². The van der Waals surface area contributed by atoms with Crippen molar-refractivity contribution in [3.63, 3.8) is 0 Å². The van der Waals surface area contributed by atoms with Crippen molar-refractivity contribution in [3.8, 4) is 0 Å². The summed E-state index contributed by atoms with van der Waals surface area (Å²) in [5, 5.41) is 3.11. The molecule has 0 aromatic carbocycles. The molecule has 1 nitrogen and oxygen atoms in total. The fourth-order valence-electron chi connectivity index (χ4n) is 1.21. The Morgan fingerprint density at radius 2 is 2.00 bits per heavy atom. The molecule has 0 aliphatic carbocycles. The molecule has 0 saturated carbocycles. The van der Waals surface area contributed by atoms with Gasteiger partial charge < -0.3 is 5.32 Å². The number of hydrogen-bond acceptors (Lipinski definition) is 1. The Labute approximate surface area is 74.9 Å². The van der Waals surface area contributed by atoms with Gasteiger partial charge in [-0.2, -0.15) is 0 Å². The molecule has 0 radical (unpaired) electrons. The van der Waals surface area contributed by atoms with E-state index in [0.29, 0.717) is 5.41 Å². The third kappa shape index (κ3) is 2.95. The van der Waals surface area contributed by atoms with E-state index in [2.05, 4.69) is 38.7 Å². The van der Waals surface area contributed by atoms with Gasteiger partial charge in [-0.05, 0) is 23.5 Å².